The van der Waals surface area contributed by atoms with Gasteiger partial charge in [-0.15, -0.1) is 11.3 Å². The summed E-state index contributed by atoms with van der Waals surface area (Å²) in [5.41, 5.74) is -0.101. The van der Waals surface area contributed by atoms with Crippen LogP contribution in [0.25, 0.3) is 0 Å². The lowest BCUT2D eigenvalue weighted by molar-refractivity contribution is -0.122. The van der Waals surface area contributed by atoms with Gasteiger partial charge in [-0.3, -0.25) is 4.79 Å². The predicted octanol–water partition coefficient (Wildman–Crippen LogP) is 2.67. The van der Waals surface area contributed by atoms with Gasteiger partial charge < -0.3 is 5.32 Å². The van der Waals surface area contributed by atoms with Gasteiger partial charge in [-0.05, 0) is 31.9 Å². The quantitative estimate of drug-likeness (QED) is 0.867. The molecule has 1 N–H and O–H groups in total. The van der Waals surface area contributed by atoms with Crippen LogP contribution in [0.5, 0.6) is 0 Å². The van der Waals surface area contributed by atoms with Crippen LogP contribution < -0.4 is 5.32 Å². The van der Waals surface area contributed by atoms with Gasteiger partial charge >= 0.3 is 0 Å². The first kappa shape index (κ1) is 14.8. The molecule has 0 bridgehead atoms. The minimum absolute atomic E-state index is 0.0650. The van der Waals surface area contributed by atoms with Crippen LogP contribution in [0.4, 0.5) is 0 Å². The van der Waals surface area contributed by atoms with Crippen molar-refractivity contribution < 1.29 is 13.2 Å². The molecular formula is C12H16ClNO3S2. The highest BCUT2D eigenvalue weighted by molar-refractivity contribution is 8.15. The van der Waals surface area contributed by atoms with Crippen LogP contribution in [-0.2, 0) is 20.3 Å². The van der Waals surface area contributed by atoms with E-state index < -0.39 is 9.05 Å². The molecule has 0 unspecified atom stereocenters. The molecule has 1 aliphatic carbocycles. The first-order chi connectivity index (χ1) is 8.78. The Balaban J connectivity index is 1.97. The van der Waals surface area contributed by atoms with E-state index in [1.54, 1.807) is 6.07 Å². The summed E-state index contributed by atoms with van der Waals surface area (Å²) < 4.78 is 22.4. The van der Waals surface area contributed by atoms with Crippen LogP contribution in [0.3, 0.4) is 0 Å². The monoisotopic (exact) mass is 321 g/mol. The third-order valence-electron chi connectivity index (χ3n) is 3.36. The van der Waals surface area contributed by atoms with E-state index in [0.29, 0.717) is 4.88 Å². The SMILES string of the molecule is CC1(NC(=O)Cc2ccc(S(=O)(=O)Cl)s2)CCCC1. The van der Waals surface area contributed by atoms with Crippen molar-refractivity contribution in [2.24, 2.45) is 0 Å². The van der Waals surface area contributed by atoms with Crippen LogP contribution >= 0.6 is 22.0 Å². The molecule has 19 heavy (non-hydrogen) atoms. The van der Waals surface area contributed by atoms with Gasteiger partial charge in [0.1, 0.15) is 4.21 Å². The fourth-order valence-electron chi connectivity index (χ4n) is 2.40. The highest BCUT2D eigenvalue weighted by atomic mass is 35.7. The second-order valence-electron chi connectivity index (χ2n) is 5.15. The fraction of sp³-hybridized carbons (Fsp3) is 0.583. The summed E-state index contributed by atoms with van der Waals surface area (Å²) in [5, 5.41) is 3.04. The zero-order valence-corrected chi connectivity index (χ0v) is 13.0. The van der Waals surface area contributed by atoms with E-state index in [-0.39, 0.29) is 22.1 Å². The third kappa shape index (κ3) is 3.94. The van der Waals surface area contributed by atoms with Gasteiger partial charge in [0.2, 0.25) is 5.91 Å². The molecule has 7 heteroatoms. The molecule has 0 radical (unpaired) electrons. The summed E-state index contributed by atoms with van der Waals surface area (Å²) in [6.07, 6.45) is 4.50. The second-order valence-corrected chi connectivity index (χ2v) is 9.11. The zero-order chi connectivity index (χ0) is 14.1. The third-order valence-corrected chi connectivity index (χ3v) is 6.54. The van der Waals surface area contributed by atoms with Gasteiger partial charge in [-0.2, -0.15) is 0 Å². The smallest absolute Gasteiger partial charge is 0.270 e. The van der Waals surface area contributed by atoms with Gasteiger partial charge in [0.25, 0.3) is 9.05 Å². The van der Waals surface area contributed by atoms with Crippen molar-refractivity contribution >= 4 is 37.0 Å². The Kier molecular flexibility index (Phi) is 4.23. The number of halogens is 1. The summed E-state index contributed by atoms with van der Waals surface area (Å²) in [6, 6.07) is 3.07. The molecule has 0 spiro atoms. The highest BCUT2D eigenvalue weighted by Crippen LogP contribution is 2.29. The Morgan fingerprint density at radius 1 is 1.42 bits per heavy atom. The van der Waals surface area contributed by atoms with Gasteiger partial charge in [-0.1, -0.05) is 12.8 Å². The number of hydrogen-bond acceptors (Lipinski definition) is 4. The van der Waals surface area contributed by atoms with Crippen molar-refractivity contribution in [2.45, 2.75) is 48.8 Å². The number of thiophene rings is 1. The zero-order valence-electron chi connectivity index (χ0n) is 10.6. The second kappa shape index (κ2) is 5.42. The van der Waals surface area contributed by atoms with Gasteiger partial charge in [0.15, 0.2) is 0 Å². The first-order valence-corrected chi connectivity index (χ1v) is 9.25. The Hall–Kier alpha value is -0.590. The standard InChI is InChI=1S/C12H16ClNO3S2/c1-12(6-2-3-7-12)14-10(15)8-9-4-5-11(18-9)19(13,16)17/h4-5H,2-3,6-8H2,1H3,(H,14,15). The van der Waals surface area contributed by atoms with E-state index in [0.717, 1.165) is 37.0 Å². The molecule has 1 aliphatic rings. The molecule has 1 aromatic rings. The molecule has 4 nitrogen and oxygen atoms in total. The molecule has 1 amide bonds. The van der Waals surface area contributed by atoms with E-state index in [2.05, 4.69) is 12.2 Å². The number of amides is 1. The average molecular weight is 322 g/mol. The number of nitrogens with one attached hydrogen (secondary N) is 1. The van der Waals surface area contributed by atoms with Crippen molar-refractivity contribution in [1.82, 2.24) is 5.32 Å². The minimum Gasteiger partial charge on any atom is -0.351 e. The molecule has 2 rings (SSSR count). The fourth-order valence-corrected chi connectivity index (χ4v) is 4.53. The van der Waals surface area contributed by atoms with E-state index in [1.165, 1.54) is 6.07 Å². The minimum atomic E-state index is -3.69. The normalized spacial score (nSPS) is 18.4. The molecule has 0 aromatic carbocycles. The van der Waals surface area contributed by atoms with Crippen molar-refractivity contribution in [3.05, 3.63) is 17.0 Å². The maximum atomic E-state index is 11.9. The van der Waals surface area contributed by atoms with E-state index in [1.807, 2.05) is 0 Å². The lowest BCUT2D eigenvalue weighted by Crippen LogP contribution is -2.44. The summed E-state index contributed by atoms with van der Waals surface area (Å²) in [6.45, 7) is 2.06. The Labute approximate surface area is 121 Å². The average Bonchev–Trinajstić information content (AvgIpc) is 2.86. The lowest BCUT2D eigenvalue weighted by atomic mass is 10.0. The van der Waals surface area contributed by atoms with Crippen molar-refractivity contribution in [1.29, 1.82) is 0 Å². The summed E-state index contributed by atoms with van der Waals surface area (Å²) in [7, 11) is 1.56. The first-order valence-electron chi connectivity index (χ1n) is 6.13. The van der Waals surface area contributed by atoms with E-state index >= 15 is 0 Å². The number of rotatable bonds is 4. The highest BCUT2D eigenvalue weighted by Gasteiger charge is 2.30. The van der Waals surface area contributed by atoms with Crippen LogP contribution in [0.15, 0.2) is 16.3 Å². The van der Waals surface area contributed by atoms with E-state index in [4.69, 9.17) is 10.7 Å². The number of carbonyl (C=O) groups excluding carboxylic acids is 1. The topological polar surface area (TPSA) is 63.2 Å². The van der Waals surface area contributed by atoms with Crippen LogP contribution in [-0.4, -0.2) is 19.9 Å². The lowest BCUT2D eigenvalue weighted by Gasteiger charge is -2.25. The summed E-state index contributed by atoms with van der Waals surface area (Å²) in [5.74, 6) is -0.0650. The van der Waals surface area contributed by atoms with Crippen LogP contribution in [0, 0.1) is 0 Å². The van der Waals surface area contributed by atoms with Crippen LogP contribution in [0.1, 0.15) is 37.5 Å². The number of hydrogen-bond donors (Lipinski definition) is 1. The number of carbonyl (C=O) groups is 1. The van der Waals surface area contributed by atoms with E-state index in [9.17, 15) is 13.2 Å². The van der Waals surface area contributed by atoms with Crippen molar-refractivity contribution in [2.75, 3.05) is 0 Å². The van der Waals surface area contributed by atoms with Gasteiger partial charge in [0.05, 0.1) is 6.42 Å². The largest absolute Gasteiger partial charge is 0.351 e. The van der Waals surface area contributed by atoms with Crippen molar-refractivity contribution in [3.63, 3.8) is 0 Å². The maximum Gasteiger partial charge on any atom is 0.270 e. The molecule has 0 atom stereocenters. The molecule has 1 saturated carbocycles. The molecule has 1 aromatic heterocycles. The molecule has 106 valence electrons. The van der Waals surface area contributed by atoms with Crippen molar-refractivity contribution in [3.8, 4) is 0 Å². The maximum absolute atomic E-state index is 11.9. The Morgan fingerprint density at radius 2 is 2.05 bits per heavy atom. The summed E-state index contributed by atoms with van der Waals surface area (Å²) in [4.78, 5) is 12.7. The molecule has 0 saturated heterocycles. The van der Waals surface area contributed by atoms with Gasteiger partial charge in [0, 0.05) is 21.1 Å². The summed E-state index contributed by atoms with van der Waals surface area (Å²) >= 11 is 1.04. The molecule has 1 fully saturated rings. The Bertz CT molecular complexity index is 574. The van der Waals surface area contributed by atoms with Crippen LogP contribution in [0.2, 0.25) is 0 Å². The Morgan fingerprint density at radius 3 is 2.58 bits per heavy atom. The molecule has 1 heterocycles. The molecule has 0 aliphatic heterocycles. The van der Waals surface area contributed by atoms with Gasteiger partial charge in [-0.25, -0.2) is 8.42 Å². The molecular weight excluding hydrogens is 306 g/mol. The predicted molar refractivity (Wildman–Crippen MR) is 76.1 cm³/mol.